The summed E-state index contributed by atoms with van der Waals surface area (Å²) in [6.45, 7) is 0.304. The van der Waals surface area contributed by atoms with Gasteiger partial charge in [-0.2, -0.15) is 13.2 Å². The van der Waals surface area contributed by atoms with Crippen molar-refractivity contribution in [2.75, 3.05) is 0 Å². The molecular formula is C24H15F3N2O4S2. The maximum atomic E-state index is 13.0. The van der Waals surface area contributed by atoms with Gasteiger partial charge in [0.15, 0.2) is 0 Å². The Bertz CT molecular complexity index is 1340. The van der Waals surface area contributed by atoms with Gasteiger partial charge in [-0.05, 0) is 29.8 Å². The van der Waals surface area contributed by atoms with Crippen molar-refractivity contribution in [2.24, 2.45) is 0 Å². The SMILES string of the molecule is O=C1/C(=C/c2ccccc2Oc2ccc(C(F)(F)F)cc2[N+](=O)[O-])SC(=S)N1Cc1ccccc1. The normalized spacial score (nSPS) is 15.1. The second-order valence-corrected chi connectivity index (χ2v) is 9.01. The number of hydrogen-bond donors (Lipinski definition) is 0. The van der Waals surface area contributed by atoms with Gasteiger partial charge in [0.05, 0.1) is 21.9 Å². The number of thiocarbonyl (C=S) groups is 1. The third-order valence-electron chi connectivity index (χ3n) is 4.97. The van der Waals surface area contributed by atoms with Gasteiger partial charge >= 0.3 is 11.9 Å². The van der Waals surface area contributed by atoms with Crippen LogP contribution in [0.15, 0.2) is 77.7 Å². The van der Waals surface area contributed by atoms with Gasteiger partial charge in [0.2, 0.25) is 5.75 Å². The van der Waals surface area contributed by atoms with Crippen molar-refractivity contribution in [1.29, 1.82) is 0 Å². The molecule has 0 spiro atoms. The summed E-state index contributed by atoms with van der Waals surface area (Å²) < 4.78 is 45.0. The van der Waals surface area contributed by atoms with Crippen molar-refractivity contribution in [3.05, 3.63) is 105 Å². The Morgan fingerprint density at radius 3 is 2.40 bits per heavy atom. The number of rotatable bonds is 6. The summed E-state index contributed by atoms with van der Waals surface area (Å²) in [5.41, 5.74) is -0.680. The summed E-state index contributed by atoms with van der Waals surface area (Å²) in [6.07, 6.45) is -3.20. The third-order valence-corrected chi connectivity index (χ3v) is 6.34. The molecule has 0 N–H and O–H groups in total. The number of hydrogen-bond acceptors (Lipinski definition) is 6. The number of nitro groups is 1. The van der Waals surface area contributed by atoms with Gasteiger partial charge in [-0.15, -0.1) is 0 Å². The van der Waals surface area contributed by atoms with Crippen LogP contribution in [0.4, 0.5) is 18.9 Å². The quantitative estimate of drug-likeness (QED) is 0.155. The van der Waals surface area contributed by atoms with Gasteiger partial charge in [0.25, 0.3) is 5.91 Å². The molecule has 35 heavy (non-hydrogen) atoms. The molecule has 1 fully saturated rings. The molecule has 0 radical (unpaired) electrons. The van der Waals surface area contributed by atoms with E-state index in [1.165, 1.54) is 17.0 Å². The lowest BCUT2D eigenvalue weighted by Crippen LogP contribution is -2.27. The lowest BCUT2D eigenvalue weighted by atomic mass is 10.1. The van der Waals surface area contributed by atoms with Crippen molar-refractivity contribution in [1.82, 2.24) is 4.90 Å². The molecule has 1 aliphatic rings. The number of ether oxygens (including phenoxy) is 1. The largest absolute Gasteiger partial charge is 0.449 e. The molecule has 1 saturated heterocycles. The van der Waals surface area contributed by atoms with Crippen LogP contribution in [0.3, 0.4) is 0 Å². The number of nitrogens with zero attached hydrogens (tertiary/aromatic N) is 2. The van der Waals surface area contributed by atoms with Crippen LogP contribution in [0.1, 0.15) is 16.7 Å². The summed E-state index contributed by atoms with van der Waals surface area (Å²) in [7, 11) is 0. The average molecular weight is 517 g/mol. The first kappa shape index (κ1) is 24.4. The van der Waals surface area contributed by atoms with Crippen molar-refractivity contribution in [3.8, 4) is 11.5 Å². The van der Waals surface area contributed by atoms with Crippen LogP contribution in [0.5, 0.6) is 11.5 Å². The molecular weight excluding hydrogens is 501 g/mol. The first-order valence-electron chi connectivity index (χ1n) is 10.1. The first-order valence-corrected chi connectivity index (χ1v) is 11.3. The zero-order valence-electron chi connectivity index (χ0n) is 17.7. The van der Waals surface area contributed by atoms with Gasteiger partial charge in [0, 0.05) is 11.6 Å². The van der Waals surface area contributed by atoms with E-state index in [1.807, 2.05) is 30.3 Å². The van der Waals surface area contributed by atoms with E-state index in [4.69, 9.17) is 17.0 Å². The Hall–Kier alpha value is -3.70. The molecule has 0 aromatic heterocycles. The molecule has 1 heterocycles. The number of amides is 1. The van der Waals surface area contributed by atoms with Crippen LogP contribution >= 0.6 is 24.0 Å². The molecule has 0 bridgehead atoms. The molecule has 178 valence electrons. The topological polar surface area (TPSA) is 72.7 Å². The van der Waals surface area contributed by atoms with Crippen LogP contribution in [0.25, 0.3) is 6.08 Å². The van der Waals surface area contributed by atoms with E-state index in [0.717, 1.165) is 23.4 Å². The third kappa shape index (κ3) is 5.52. The molecule has 0 unspecified atom stereocenters. The summed E-state index contributed by atoms with van der Waals surface area (Å²) >= 11 is 6.47. The van der Waals surface area contributed by atoms with E-state index in [2.05, 4.69) is 0 Å². The highest BCUT2D eigenvalue weighted by Crippen LogP contribution is 2.40. The van der Waals surface area contributed by atoms with Gasteiger partial charge in [-0.1, -0.05) is 72.5 Å². The van der Waals surface area contributed by atoms with Gasteiger partial charge < -0.3 is 4.74 Å². The average Bonchev–Trinajstić information content (AvgIpc) is 3.07. The Morgan fingerprint density at radius 1 is 1.03 bits per heavy atom. The number of thioether (sulfide) groups is 1. The minimum absolute atomic E-state index is 0.128. The Kier molecular flexibility index (Phi) is 6.90. The fourth-order valence-corrected chi connectivity index (χ4v) is 4.52. The summed E-state index contributed by atoms with van der Waals surface area (Å²) in [5, 5.41) is 11.4. The van der Waals surface area contributed by atoms with Crippen LogP contribution in [-0.2, 0) is 17.5 Å². The van der Waals surface area contributed by atoms with E-state index in [-0.39, 0.29) is 17.4 Å². The number of alkyl halides is 3. The lowest BCUT2D eigenvalue weighted by molar-refractivity contribution is -0.385. The van der Waals surface area contributed by atoms with E-state index < -0.39 is 22.4 Å². The molecule has 1 aliphatic heterocycles. The zero-order chi connectivity index (χ0) is 25.2. The van der Waals surface area contributed by atoms with Crippen molar-refractivity contribution in [2.45, 2.75) is 12.7 Å². The fourth-order valence-electron chi connectivity index (χ4n) is 3.28. The Morgan fingerprint density at radius 2 is 1.71 bits per heavy atom. The number of benzene rings is 3. The minimum atomic E-state index is -4.74. The highest BCUT2D eigenvalue weighted by Gasteiger charge is 2.34. The Balaban J connectivity index is 1.63. The first-order chi connectivity index (χ1) is 16.6. The molecule has 3 aromatic carbocycles. The molecule has 1 amide bonds. The summed E-state index contributed by atoms with van der Waals surface area (Å²) in [5.74, 6) is -0.539. The van der Waals surface area contributed by atoms with Crippen molar-refractivity contribution < 1.29 is 27.6 Å². The van der Waals surface area contributed by atoms with Gasteiger partial charge in [-0.3, -0.25) is 19.8 Å². The lowest BCUT2D eigenvalue weighted by Gasteiger charge is -2.14. The van der Waals surface area contributed by atoms with Crippen molar-refractivity contribution >= 4 is 46.0 Å². The summed E-state index contributed by atoms with van der Waals surface area (Å²) in [4.78, 5) is 25.2. The smallest absolute Gasteiger partial charge is 0.416 e. The fraction of sp³-hybridized carbons (Fsp3) is 0.0833. The molecule has 3 aromatic rings. The highest BCUT2D eigenvalue weighted by atomic mass is 32.2. The number of halogens is 3. The van der Waals surface area contributed by atoms with Crippen LogP contribution in [0, 0.1) is 10.1 Å². The molecule has 4 rings (SSSR count). The summed E-state index contributed by atoms with van der Waals surface area (Å²) in [6, 6.07) is 17.8. The monoisotopic (exact) mass is 516 g/mol. The van der Waals surface area contributed by atoms with Crippen LogP contribution < -0.4 is 4.74 Å². The van der Waals surface area contributed by atoms with E-state index in [0.29, 0.717) is 33.5 Å². The maximum absolute atomic E-state index is 13.0. The number of carbonyl (C=O) groups excluding carboxylic acids is 1. The molecule has 6 nitrogen and oxygen atoms in total. The zero-order valence-corrected chi connectivity index (χ0v) is 19.3. The van der Waals surface area contributed by atoms with Crippen molar-refractivity contribution in [3.63, 3.8) is 0 Å². The highest BCUT2D eigenvalue weighted by molar-refractivity contribution is 8.26. The van der Waals surface area contributed by atoms with Gasteiger partial charge in [0.1, 0.15) is 10.1 Å². The van der Waals surface area contributed by atoms with Gasteiger partial charge in [-0.25, -0.2) is 0 Å². The molecule has 0 saturated carbocycles. The second-order valence-electron chi connectivity index (χ2n) is 7.33. The molecule has 0 atom stereocenters. The van der Waals surface area contributed by atoms with E-state index in [9.17, 15) is 28.1 Å². The number of nitro benzene ring substituents is 1. The molecule has 11 heteroatoms. The number of para-hydroxylation sites is 1. The molecule has 0 aliphatic carbocycles. The number of carbonyl (C=O) groups is 1. The van der Waals surface area contributed by atoms with Crippen LogP contribution in [0.2, 0.25) is 0 Å². The standard InChI is InChI=1S/C24H15F3N2O4S2/c25-24(26,27)17-10-11-20(18(13-17)29(31)32)33-19-9-5-4-8-16(19)12-21-22(30)28(23(34)35-21)14-15-6-2-1-3-7-15/h1-13H,14H2/b21-12-. The van der Waals surface area contributed by atoms with E-state index >= 15 is 0 Å². The minimum Gasteiger partial charge on any atom is -0.449 e. The maximum Gasteiger partial charge on any atom is 0.416 e. The predicted octanol–water partition coefficient (Wildman–Crippen LogP) is 6.81. The van der Waals surface area contributed by atoms with E-state index in [1.54, 1.807) is 18.2 Å². The predicted molar refractivity (Wildman–Crippen MR) is 130 cm³/mol. The Labute approximate surface area is 207 Å². The second kappa shape index (κ2) is 9.88. The van der Waals surface area contributed by atoms with Crippen LogP contribution in [-0.4, -0.2) is 20.1 Å².